The Morgan fingerprint density at radius 1 is 1.11 bits per heavy atom. The van der Waals surface area contributed by atoms with E-state index in [-0.39, 0.29) is 35.7 Å². The summed E-state index contributed by atoms with van der Waals surface area (Å²) in [6.07, 6.45) is 5.90. The van der Waals surface area contributed by atoms with E-state index in [4.69, 9.17) is 9.79 Å². The minimum atomic E-state index is -4.63. The van der Waals surface area contributed by atoms with E-state index in [1.807, 2.05) is 11.8 Å². The summed E-state index contributed by atoms with van der Waals surface area (Å²) in [6, 6.07) is 4.88. The zero-order valence-electron chi connectivity index (χ0n) is 20.3. The average Bonchev–Trinajstić information content (AvgIpc) is 3.34. The van der Waals surface area contributed by atoms with Gasteiger partial charge in [-0.15, -0.1) is 0 Å². The van der Waals surface area contributed by atoms with Crippen molar-refractivity contribution in [1.29, 1.82) is 0 Å². The molecule has 3 rings (SSSR count). The second-order valence-corrected chi connectivity index (χ2v) is 11.6. The predicted octanol–water partition coefficient (Wildman–Crippen LogP) is 2.81. The van der Waals surface area contributed by atoms with Crippen molar-refractivity contribution in [2.45, 2.75) is 75.6 Å². The smallest absolute Gasteiger partial charge is 0.404 e. The Labute approximate surface area is 215 Å². The fourth-order valence-electron chi connectivity index (χ4n) is 4.36. The molecule has 0 radical (unpaired) electrons. The fourth-order valence-corrected chi connectivity index (χ4v) is 6.36. The van der Waals surface area contributed by atoms with Gasteiger partial charge < -0.3 is 25.8 Å². The lowest BCUT2D eigenvalue weighted by Crippen LogP contribution is -2.36. The second-order valence-electron chi connectivity index (χ2n) is 9.14. The number of carbonyl (C=O) groups excluding carboxylic acids is 3. The van der Waals surface area contributed by atoms with Crippen molar-refractivity contribution in [3.8, 4) is 5.75 Å². The summed E-state index contributed by atoms with van der Waals surface area (Å²) in [4.78, 5) is 53.4. The van der Waals surface area contributed by atoms with Crippen molar-refractivity contribution in [1.82, 2.24) is 16.0 Å². The molecular formula is C23H35N4O7PS. The number of hydrogen-bond acceptors (Lipinski definition) is 6. The van der Waals surface area contributed by atoms with Crippen molar-refractivity contribution in [2.24, 2.45) is 0 Å². The second kappa shape index (κ2) is 13.3. The average molecular weight is 543 g/mol. The number of carbonyl (C=O) groups is 3. The Morgan fingerprint density at radius 3 is 2.61 bits per heavy atom. The van der Waals surface area contributed by atoms with E-state index in [0.717, 1.165) is 37.9 Å². The Bertz CT molecular complexity index is 989. The molecule has 1 aromatic carbocycles. The van der Waals surface area contributed by atoms with E-state index < -0.39 is 7.82 Å². The van der Waals surface area contributed by atoms with Crippen LogP contribution < -0.4 is 25.8 Å². The summed E-state index contributed by atoms with van der Waals surface area (Å²) >= 11 is 1.88. The zero-order valence-corrected chi connectivity index (χ0v) is 22.0. The van der Waals surface area contributed by atoms with Gasteiger partial charge in [-0.1, -0.05) is 12.8 Å². The predicted molar refractivity (Wildman–Crippen MR) is 138 cm³/mol. The van der Waals surface area contributed by atoms with E-state index in [2.05, 4.69) is 25.8 Å². The number of fused-ring (bicyclic) bond motifs is 1. The zero-order chi connectivity index (χ0) is 26.1. The summed E-state index contributed by atoms with van der Waals surface area (Å²) < 4.78 is 15.5. The monoisotopic (exact) mass is 542 g/mol. The van der Waals surface area contributed by atoms with Gasteiger partial charge in [0.1, 0.15) is 5.75 Å². The van der Waals surface area contributed by atoms with E-state index in [9.17, 15) is 18.9 Å². The van der Waals surface area contributed by atoms with Crippen LogP contribution in [0.2, 0.25) is 0 Å². The third kappa shape index (κ3) is 9.31. The molecule has 1 aromatic rings. The number of amides is 4. The number of anilines is 1. The van der Waals surface area contributed by atoms with Crippen LogP contribution >= 0.6 is 19.6 Å². The molecule has 13 heteroatoms. The SMILES string of the molecule is Cc1cc(NC(=O)CCCCCNC(=O)CCCCC2SCC3NC(=O)NC32)ccc1OP(=O)(O)O. The van der Waals surface area contributed by atoms with Gasteiger partial charge >= 0.3 is 13.9 Å². The standard InChI is InChI=1S/C23H35N4O7PS/c1-15-13-16(10-11-18(15)34-35(31,32)33)25-21(29)9-3-2-6-12-24-20(28)8-5-4-7-19-22-17(14-36-19)26-23(30)27-22/h10-11,13,17,19,22H,2-9,12,14H2,1H3,(H,24,28)(H,25,29)(H2,26,27,30)(H2,31,32,33). The van der Waals surface area contributed by atoms with Crippen molar-refractivity contribution >= 4 is 43.1 Å². The number of nitrogens with one attached hydrogen (secondary N) is 4. The number of phosphoric acid groups is 1. The number of phosphoric ester groups is 1. The molecule has 36 heavy (non-hydrogen) atoms. The highest BCUT2D eigenvalue weighted by atomic mass is 32.2. The molecule has 2 aliphatic heterocycles. The molecule has 200 valence electrons. The first-order valence-corrected chi connectivity index (χ1v) is 14.8. The maximum absolute atomic E-state index is 12.1. The third-order valence-electron chi connectivity index (χ3n) is 6.16. The normalized spacial score (nSPS) is 20.9. The van der Waals surface area contributed by atoms with Gasteiger partial charge in [-0.05, 0) is 56.4 Å². The molecule has 3 unspecified atom stereocenters. The first-order valence-electron chi connectivity index (χ1n) is 12.2. The van der Waals surface area contributed by atoms with Crippen molar-refractivity contribution in [3.63, 3.8) is 0 Å². The Morgan fingerprint density at radius 2 is 1.86 bits per heavy atom. The molecule has 4 amide bonds. The van der Waals surface area contributed by atoms with Crippen molar-refractivity contribution in [3.05, 3.63) is 23.8 Å². The van der Waals surface area contributed by atoms with E-state index >= 15 is 0 Å². The molecule has 6 N–H and O–H groups in total. The van der Waals surface area contributed by atoms with Crippen molar-refractivity contribution in [2.75, 3.05) is 17.6 Å². The summed E-state index contributed by atoms with van der Waals surface area (Å²) in [5.74, 6) is 0.898. The first-order chi connectivity index (χ1) is 17.1. The van der Waals surface area contributed by atoms with Gasteiger partial charge in [-0.25, -0.2) is 9.36 Å². The lowest BCUT2D eigenvalue weighted by atomic mass is 10.0. The Kier molecular flexibility index (Phi) is 10.5. The highest BCUT2D eigenvalue weighted by Gasteiger charge is 2.42. The quantitative estimate of drug-likeness (QED) is 0.119. The number of aryl methyl sites for hydroxylation is 1. The lowest BCUT2D eigenvalue weighted by molar-refractivity contribution is -0.121. The van der Waals surface area contributed by atoms with E-state index in [1.165, 1.54) is 12.1 Å². The maximum Gasteiger partial charge on any atom is 0.524 e. The van der Waals surface area contributed by atoms with Gasteiger partial charge in [0.25, 0.3) is 0 Å². The first kappa shape index (κ1) is 28.3. The molecular weight excluding hydrogens is 507 g/mol. The van der Waals surface area contributed by atoms with Gasteiger partial charge in [-0.2, -0.15) is 11.8 Å². The minimum Gasteiger partial charge on any atom is -0.404 e. The van der Waals surface area contributed by atoms with E-state index in [0.29, 0.717) is 42.3 Å². The fraction of sp³-hybridized carbons (Fsp3) is 0.609. The molecule has 0 saturated carbocycles. The van der Waals surface area contributed by atoms with Crippen LogP contribution in [0.25, 0.3) is 0 Å². The largest absolute Gasteiger partial charge is 0.524 e. The summed E-state index contributed by atoms with van der Waals surface area (Å²) in [6.45, 7) is 2.22. The van der Waals surface area contributed by atoms with Crippen LogP contribution in [0.15, 0.2) is 18.2 Å². The van der Waals surface area contributed by atoms with Crippen LogP contribution in [0, 0.1) is 6.92 Å². The van der Waals surface area contributed by atoms with Gasteiger partial charge in [0.05, 0.1) is 12.1 Å². The topological polar surface area (TPSA) is 166 Å². The van der Waals surface area contributed by atoms with Crippen LogP contribution in [-0.2, 0) is 14.2 Å². The number of unbranched alkanes of at least 4 members (excludes halogenated alkanes) is 3. The Balaban J connectivity index is 1.19. The van der Waals surface area contributed by atoms with Crippen LogP contribution in [0.5, 0.6) is 5.75 Å². The summed E-state index contributed by atoms with van der Waals surface area (Å²) in [7, 11) is -4.63. The molecule has 0 aromatic heterocycles. The number of benzene rings is 1. The molecule has 2 heterocycles. The molecule has 2 fully saturated rings. The molecule has 2 aliphatic rings. The lowest BCUT2D eigenvalue weighted by Gasteiger charge is -2.16. The van der Waals surface area contributed by atoms with Gasteiger partial charge in [0, 0.05) is 36.1 Å². The third-order valence-corrected chi connectivity index (χ3v) is 8.10. The highest BCUT2D eigenvalue weighted by Crippen LogP contribution is 2.39. The summed E-state index contributed by atoms with van der Waals surface area (Å²) in [5.41, 5.74) is 1.02. The highest BCUT2D eigenvalue weighted by molar-refractivity contribution is 8.00. The van der Waals surface area contributed by atoms with Crippen LogP contribution in [0.1, 0.15) is 56.9 Å². The molecule has 2 saturated heterocycles. The number of hydrogen-bond donors (Lipinski definition) is 6. The Hall–Kier alpha value is -2.27. The van der Waals surface area contributed by atoms with Crippen molar-refractivity contribution < 1.29 is 33.3 Å². The molecule has 3 atom stereocenters. The molecule has 11 nitrogen and oxygen atoms in total. The van der Waals surface area contributed by atoms with Gasteiger partial charge in [0.2, 0.25) is 11.8 Å². The maximum atomic E-state index is 12.1. The molecule has 0 spiro atoms. The number of rotatable bonds is 14. The van der Waals surface area contributed by atoms with E-state index in [1.54, 1.807) is 13.0 Å². The number of thioether (sulfide) groups is 1. The molecule has 0 aliphatic carbocycles. The summed E-state index contributed by atoms with van der Waals surface area (Å²) in [5, 5.41) is 12.0. The van der Waals surface area contributed by atoms with Gasteiger partial charge in [0.15, 0.2) is 0 Å². The van der Waals surface area contributed by atoms with Crippen LogP contribution in [-0.4, -0.2) is 57.3 Å². The minimum absolute atomic E-state index is 0.0436. The van der Waals surface area contributed by atoms with Gasteiger partial charge in [-0.3, -0.25) is 19.4 Å². The molecule has 0 bridgehead atoms. The number of urea groups is 1. The van der Waals surface area contributed by atoms with Crippen LogP contribution in [0.4, 0.5) is 10.5 Å². The van der Waals surface area contributed by atoms with Crippen LogP contribution in [0.3, 0.4) is 0 Å².